The van der Waals surface area contributed by atoms with Gasteiger partial charge in [-0.25, -0.2) is 28.1 Å². The molecule has 0 amide bonds. The van der Waals surface area contributed by atoms with Gasteiger partial charge in [0, 0.05) is 6.54 Å². The van der Waals surface area contributed by atoms with Crippen LogP contribution in [0.25, 0.3) is 0 Å². The van der Waals surface area contributed by atoms with E-state index in [4.69, 9.17) is 9.47 Å². The van der Waals surface area contributed by atoms with Crippen LogP contribution in [-0.4, -0.2) is 38.1 Å². The minimum Gasteiger partial charge on any atom is -0.368 e. The molecule has 0 aromatic carbocycles. The lowest BCUT2D eigenvalue weighted by Gasteiger charge is -2.12. The number of nitrogens with zero attached hydrogens (tertiary/aromatic N) is 3. The van der Waals surface area contributed by atoms with Gasteiger partial charge >= 0.3 is 17.1 Å². The zero-order valence-electron chi connectivity index (χ0n) is 13.7. The molecule has 8 heteroatoms. The summed E-state index contributed by atoms with van der Waals surface area (Å²) in [7, 11) is 0. The van der Waals surface area contributed by atoms with E-state index in [2.05, 4.69) is 0 Å². The lowest BCUT2D eigenvalue weighted by atomic mass is 10.3. The topological polar surface area (TPSA) is 91.1 Å². The highest BCUT2D eigenvalue weighted by molar-refractivity contribution is 4.88. The maximum absolute atomic E-state index is 12.6. The van der Waals surface area contributed by atoms with Gasteiger partial charge < -0.3 is 9.47 Å². The Morgan fingerprint density at radius 2 is 1.22 bits per heavy atom. The predicted octanol–water partition coefficient (Wildman–Crippen LogP) is -0.454. The summed E-state index contributed by atoms with van der Waals surface area (Å²) >= 11 is 0. The Labute approximate surface area is 133 Å². The third-order valence-corrected chi connectivity index (χ3v) is 4.52. The van der Waals surface area contributed by atoms with E-state index in [1.165, 1.54) is 0 Å². The zero-order valence-corrected chi connectivity index (χ0v) is 13.7. The summed E-state index contributed by atoms with van der Waals surface area (Å²) in [4.78, 5) is 37.6. The Kier molecular flexibility index (Phi) is 4.29. The molecule has 3 heterocycles. The van der Waals surface area contributed by atoms with Gasteiger partial charge in [-0.1, -0.05) is 13.3 Å². The van der Waals surface area contributed by atoms with E-state index in [1.54, 1.807) is 0 Å². The first-order valence-corrected chi connectivity index (χ1v) is 8.19. The van der Waals surface area contributed by atoms with Gasteiger partial charge in [0.05, 0.1) is 25.3 Å². The molecule has 0 bridgehead atoms. The molecule has 8 nitrogen and oxygen atoms in total. The summed E-state index contributed by atoms with van der Waals surface area (Å²) in [6, 6.07) is 0. The van der Waals surface area contributed by atoms with Crippen LogP contribution >= 0.6 is 0 Å². The Morgan fingerprint density at radius 1 is 0.826 bits per heavy atom. The average molecular weight is 325 g/mol. The highest BCUT2D eigenvalue weighted by atomic mass is 16.6. The van der Waals surface area contributed by atoms with Crippen molar-refractivity contribution in [1.82, 2.24) is 13.7 Å². The normalized spacial score (nSPS) is 28.8. The minimum absolute atomic E-state index is 0.0394. The Morgan fingerprint density at radius 3 is 1.57 bits per heavy atom. The maximum Gasteiger partial charge on any atom is 0.336 e. The van der Waals surface area contributed by atoms with Crippen molar-refractivity contribution in [3.8, 4) is 0 Å². The molecule has 0 spiro atoms. The molecule has 2 saturated heterocycles. The van der Waals surface area contributed by atoms with Crippen LogP contribution in [-0.2, 0) is 29.1 Å². The number of unbranched alkanes of at least 4 members (excludes halogenated alkanes) is 1. The van der Waals surface area contributed by atoms with Crippen LogP contribution in [0.15, 0.2) is 14.4 Å². The first-order chi connectivity index (χ1) is 10.9. The van der Waals surface area contributed by atoms with Gasteiger partial charge in [0.25, 0.3) is 0 Å². The van der Waals surface area contributed by atoms with E-state index < -0.39 is 17.1 Å². The third-order valence-electron chi connectivity index (χ3n) is 4.52. The van der Waals surface area contributed by atoms with Gasteiger partial charge in [0.15, 0.2) is 0 Å². The molecule has 0 saturated carbocycles. The summed E-state index contributed by atoms with van der Waals surface area (Å²) in [6.45, 7) is 6.45. The molecule has 128 valence electrons. The molecular formula is C15H23N3O5. The van der Waals surface area contributed by atoms with Gasteiger partial charge in [0.1, 0.15) is 12.2 Å². The van der Waals surface area contributed by atoms with Crippen LogP contribution in [0.3, 0.4) is 0 Å². The molecule has 0 aliphatic carbocycles. The number of hydrogen-bond donors (Lipinski definition) is 0. The molecule has 0 radical (unpaired) electrons. The fourth-order valence-corrected chi connectivity index (χ4v) is 2.71. The van der Waals surface area contributed by atoms with Crippen LogP contribution in [0, 0.1) is 0 Å². The second kappa shape index (κ2) is 6.09. The van der Waals surface area contributed by atoms with Gasteiger partial charge in [0.2, 0.25) is 0 Å². The smallest absolute Gasteiger partial charge is 0.336 e. The highest BCUT2D eigenvalue weighted by Crippen LogP contribution is 2.22. The summed E-state index contributed by atoms with van der Waals surface area (Å²) in [5.41, 5.74) is -1.66. The summed E-state index contributed by atoms with van der Waals surface area (Å²) in [5, 5.41) is 0. The fourth-order valence-electron chi connectivity index (χ4n) is 2.71. The maximum atomic E-state index is 12.6. The monoisotopic (exact) mass is 325 g/mol. The number of epoxide rings is 2. The lowest BCUT2D eigenvalue weighted by molar-refractivity contribution is 0.329. The van der Waals surface area contributed by atoms with E-state index >= 15 is 0 Å². The van der Waals surface area contributed by atoms with Gasteiger partial charge in [-0.3, -0.25) is 0 Å². The first-order valence-electron chi connectivity index (χ1n) is 8.19. The second-order valence-corrected chi connectivity index (χ2v) is 6.33. The summed E-state index contributed by atoms with van der Waals surface area (Å²) < 4.78 is 14.0. The van der Waals surface area contributed by atoms with Crippen LogP contribution in [0.2, 0.25) is 0 Å². The molecular weight excluding hydrogens is 302 g/mol. The lowest BCUT2D eigenvalue weighted by Crippen LogP contribution is -2.55. The van der Waals surface area contributed by atoms with Gasteiger partial charge in [-0.15, -0.1) is 0 Å². The van der Waals surface area contributed by atoms with Crippen molar-refractivity contribution >= 4 is 0 Å². The number of aromatic nitrogens is 3. The van der Waals surface area contributed by atoms with Crippen molar-refractivity contribution in [3.63, 3.8) is 0 Å². The molecule has 4 atom stereocenters. The van der Waals surface area contributed by atoms with E-state index in [1.807, 2.05) is 20.8 Å². The van der Waals surface area contributed by atoms with Crippen molar-refractivity contribution in [2.24, 2.45) is 0 Å². The Bertz CT molecular complexity index is 706. The van der Waals surface area contributed by atoms with E-state index in [0.717, 1.165) is 20.1 Å². The SMILES string of the molecule is CCCCn1c(=O)n(CC2OC2C)c(=O)n(CC2OC2C)c1=O. The summed E-state index contributed by atoms with van der Waals surface area (Å²) in [5.74, 6) is 0. The van der Waals surface area contributed by atoms with Gasteiger partial charge in [-0.05, 0) is 20.3 Å². The molecule has 2 fully saturated rings. The summed E-state index contributed by atoms with van der Waals surface area (Å²) in [6.07, 6.45) is 1.37. The van der Waals surface area contributed by atoms with Crippen molar-refractivity contribution < 1.29 is 9.47 Å². The van der Waals surface area contributed by atoms with E-state index in [9.17, 15) is 14.4 Å². The fraction of sp³-hybridized carbons (Fsp3) is 0.800. The van der Waals surface area contributed by atoms with E-state index in [0.29, 0.717) is 13.0 Å². The van der Waals surface area contributed by atoms with Crippen LogP contribution in [0.4, 0.5) is 0 Å². The van der Waals surface area contributed by atoms with Crippen LogP contribution < -0.4 is 17.1 Å². The Balaban J connectivity index is 2.02. The number of hydrogen-bond acceptors (Lipinski definition) is 5. The number of ether oxygens (including phenoxy) is 2. The first kappa shape index (κ1) is 16.2. The van der Waals surface area contributed by atoms with Crippen LogP contribution in [0.5, 0.6) is 0 Å². The molecule has 2 aliphatic rings. The Hall–Kier alpha value is -1.67. The predicted molar refractivity (Wildman–Crippen MR) is 82.8 cm³/mol. The molecule has 23 heavy (non-hydrogen) atoms. The van der Waals surface area contributed by atoms with E-state index in [-0.39, 0.29) is 37.5 Å². The standard InChI is InChI=1S/C15H23N3O5/c1-4-5-6-16-13(19)17(7-11-9(2)22-11)15(21)18(14(16)20)8-12-10(3)23-12/h9-12H,4-8H2,1-3H3. The molecule has 4 unspecified atom stereocenters. The minimum atomic E-state index is -0.571. The molecule has 0 N–H and O–H groups in total. The van der Waals surface area contributed by atoms with Gasteiger partial charge in [-0.2, -0.15) is 0 Å². The molecule has 3 rings (SSSR count). The van der Waals surface area contributed by atoms with Crippen molar-refractivity contribution in [2.75, 3.05) is 0 Å². The highest BCUT2D eigenvalue weighted by Gasteiger charge is 2.38. The quantitative estimate of drug-likeness (QED) is 0.633. The molecule has 1 aromatic heterocycles. The van der Waals surface area contributed by atoms with Crippen LogP contribution in [0.1, 0.15) is 33.6 Å². The average Bonchev–Trinajstić information content (AvgIpc) is 3.40. The number of rotatable bonds is 7. The largest absolute Gasteiger partial charge is 0.368 e. The third kappa shape index (κ3) is 3.18. The molecule has 1 aromatic rings. The van der Waals surface area contributed by atoms with Crippen molar-refractivity contribution in [3.05, 3.63) is 31.5 Å². The van der Waals surface area contributed by atoms with Crippen molar-refractivity contribution in [1.29, 1.82) is 0 Å². The van der Waals surface area contributed by atoms with Crippen molar-refractivity contribution in [2.45, 2.75) is 77.7 Å². The second-order valence-electron chi connectivity index (χ2n) is 6.33. The zero-order chi connectivity index (χ0) is 16.7. The molecule has 2 aliphatic heterocycles.